The van der Waals surface area contributed by atoms with Gasteiger partial charge in [-0.15, -0.1) is 0 Å². The summed E-state index contributed by atoms with van der Waals surface area (Å²) in [6.45, 7) is 18.8. The van der Waals surface area contributed by atoms with Gasteiger partial charge in [0, 0.05) is 13.3 Å². The molecule has 0 heterocycles. The average molecular weight is 976 g/mol. The first-order valence-corrected chi connectivity index (χ1v) is 23.9. The molecule has 21 heteroatoms. The van der Waals surface area contributed by atoms with Crippen LogP contribution in [0.25, 0.3) is 0 Å². The highest BCUT2D eigenvalue weighted by Gasteiger charge is 2.35. The number of carboxylic acids is 1. The number of nitrogens with two attached hydrogens (primary N) is 1. The lowest BCUT2D eigenvalue weighted by Crippen LogP contribution is -2.61. The lowest BCUT2D eigenvalue weighted by molar-refractivity contribution is -0.145. The van der Waals surface area contributed by atoms with Gasteiger partial charge in [0.2, 0.25) is 47.3 Å². The van der Waals surface area contributed by atoms with E-state index in [9.17, 15) is 58.5 Å². The van der Waals surface area contributed by atoms with E-state index in [1.165, 1.54) is 32.9 Å². The zero-order valence-electron chi connectivity index (χ0n) is 42.3. The van der Waals surface area contributed by atoms with Crippen LogP contribution in [0.5, 0.6) is 5.75 Å². The number of aromatic hydroxyl groups is 1. The molecule has 69 heavy (non-hydrogen) atoms. The molecule has 0 radical (unpaired) electrons. The number of rotatable bonds is 31. The van der Waals surface area contributed by atoms with E-state index in [1.54, 1.807) is 39.8 Å². The largest absolute Gasteiger partial charge is 0.508 e. The average Bonchev–Trinajstić information content (AvgIpc) is 3.23. The summed E-state index contributed by atoms with van der Waals surface area (Å²) in [5.41, 5.74) is 6.28. The van der Waals surface area contributed by atoms with Gasteiger partial charge in [-0.25, -0.2) is 4.79 Å². The van der Waals surface area contributed by atoms with Gasteiger partial charge in [0.1, 0.15) is 48.0 Å². The molecule has 0 aromatic heterocycles. The normalized spacial score (nSPS) is 15.3. The Bertz CT molecular complexity index is 1860. The van der Waals surface area contributed by atoms with Crippen LogP contribution in [0.1, 0.15) is 127 Å². The van der Waals surface area contributed by atoms with Crippen LogP contribution in [-0.2, 0) is 49.6 Å². The van der Waals surface area contributed by atoms with Gasteiger partial charge in [-0.1, -0.05) is 67.5 Å². The van der Waals surface area contributed by atoms with Crippen LogP contribution in [-0.4, -0.2) is 130 Å². The molecule has 9 atom stereocenters. The standard InChI is InChI=1S/C48H81N9O12/c1-25(2)20-35(51-31(11)59)43(63)50-29(9)41(61)53-36(21-26(3)4)44(64)52-34(14-12-13-19-49)42(62)56-39(24-32-15-17-33(60)18-16-32)46(66)54-37(22-27(5)6)45(65)55-38(23-28(7)8)47(67)57-40(30(10)58)48(68)69/h15-18,25-30,34-40,58,60H,12-14,19-24,49H2,1-11H3,(H,50,63)(H,51,59)(H,52,64)(H,53,61)(H,54,66)(H,55,65)(H,56,62)(H,57,67)(H,68,69)/t29-,30+,34-,35-,36-,37-,38-,39-,40-/m0/s1. The molecule has 0 saturated carbocycles. The van der Waals surface area contributed by atoms with Crippen molar-refractivity contribution in [1.29, 1.82) is 0 Å². The van der Waals surface area contributed by atoms with E-state index in [1.807, 2.05) is 27.7 Å². The van der Waals surface area contributed by atoms with Gasteiger partial charge in [-0.05, 0) is 107 Å². The predicted molar refractivity (Wildman–Crippen MR) is 259 cm³/mol. The molecule has 21 nitrogen and oxygen atoms in total. The Morgan fingerprint density at radius 2 is 0.855 bits per heavy atom. The minimum atomic E-state index is -1.66. The molecule has 1 rings (SSSR count). The second kappa shape index (κ2) is 30.6. The van der Waals surface area contributed by atoms with Crippen molar-refractivity contribution in [3.63, 3.8) is 0 Å². The number of aliphatic hydroxyl groups excluding tert-OH is 1. The fourth-order valence-corrected chi connectivity index (χ4v) is 7.30. The van der Waals surface area contributed by atoms with E-state index in [2.05, 4.69) is 42.5 Å². The van der Waals surface area contributed by atoms with E-state index in [0.29, 0.717) is 24.8 Å². The number of hydrogen-bond donors (Lipinski definition) is 12. The van der Waals surface area contributed by atoms with Crippen molar-refractivity contribution in [1.82, 2.24) is 42.5 Å². The second-order valence-electron chi connectivity index (χ2n) is 19.5. The Morgan fingerprint density at radius 3 is 1.26 bits per heavy atom. The second-order valence-corrected chi connectivity index (χ2v) is 19.5. The molecule has 1 aromatic rings. The van der Waals surface area contributed by atoms with Crippen LogP contribution in [0.4, 0.5) is 0 Å². The summed E-state index contributed by atoms with van der Waals surface area (Å²) in [7, 11) is 0. The molecular weight excluding hydrogens is 895 g/mol. The summed E-state index contributed by atoms with van der Waals surface area (Å²) >= 11 is 0. The smallest absolute Gasteiger partial charge is 0.328 e. The first kappa shape index (κ1) is 61.2. The van der Waals surface area contributed by atoms with Crippen molar-refractivity contribution in [2.24, 2.45) is 29.4 Å². The highest BCUT2D eigenvalue weighted by molar-refractivity contribution is 5.98. The van der Waals surface area contributed by atoms with Crippen molar-refractivity contribution in [2.75, 3.05) is 6.54 Å². The highest BCUT2D eigenvalue weighted by atomic mass is 16.4. The maximum Gasteiger partial charge on any atom is 0.328 e. The SMILES string of the molecule is CC(=O)N[C@@H](CC(C)C)C(=O)N[C@@H](C)C(=O)N[C@@H](CC(C)C)C(=O)N[C@@H](CCCCN)C(=O)N[C@@H](Cc1ccc(O)cc1)C(=O)N[C@@H](CC(C)C)C(=O)N[C@@H](CC(C)C)C(=O)N[C@H](C(=O)O)[C@@H](C)O. The number of phenolic OH excluding ortho intramolecular Hbond substituents is 1. The third-order valence-corrected chi connectivity index (χ3v) is 10.8. The summed E-state index contributed by atoms with van der Waals surface area (Å²) in [6, 6.07) is -4.10. The van der Waals surface area contributed by atoms with Crippen molar-refractivity contribution < 1.29 is 58.5 Å². The van der Waals surface area contributed by atoms with E-state index in [-0.39, 0.29) is 68.1 Å². The van der Waals surface area contributed by atoms with Gasteiger partial charge < -0.3 is 63.6 Å². The monoisotopic (exact) mass is 976 g/mol. The van der Waals surface area contributed by atoms with E-state index < -0.39 is 108 Å². The van der Waals surface area contributed by atoms with E-state index in [0.717, 1.165) is 0 Å². The Balaban J connectivity index is 3.54. The van der Waals surface area contributed by atoms with Gasteiger partial charge >= 0.3 is 5.97 Å². The molecule has 0 unspecified atom stereocenters. The Morgan fingerprint density at radius 1 is 0.493 bits per heavy atom. The fourth-order valence-electron chi connectivity index (χ4n) is 7.30. The number of aliphatic hydroxyl groups is 1. The summed E-state index contributed by atoms with van der Waals surface area (Å²) in [5, 5.41) is 50.5. The Hall–Kier alpha value is -5.83. The summed E-state index contributed by atoms with van der Waals surface area (Å²) in [6.07, 6.45) is -0.0284. The van der Waals surface area contributed by atoms with Gasteiger partial charge in [-0.2, -0.15) is 0 Å². The lowest BCUT2D eigenvalue weighted by atomic mass is 9.98. The molecule has 8 amide bonds. The number of carbonyl (C=O) groups excluding carboxylic acids is 8. The topological polar surface area (TPSA) is 337 Å². The number of carboxylic acid groups (broad SMARTS) is 1. The highest BCUT2D eigenvalue weighted by Crippen LogP contribution is 2.15. The molecule has 0 spiro atoms. The molecule has 1 aromatic carbocycles. The minimum Gasteiger partial charge on any atom is -0.508 e. The number of amides is 8. The van der Waals surface area contributed by atoms with Gasteiger partial charge in [-0.3, -0.25) is 38.4 Å². The van der Waals surface area contributed by atoms with Gasteiger partial charge in [0.05, 0.1) is 6.10 Å². The van der Waals surface area contributed by atoms with Crippen LogP contribution in [0.15, 0.2) is 24.3 Å². The number of aliphatic carboxylic acids is 1. The summed E-state index contributed by atoms with van der Waals surface area (Å²) in [4.78, 5) is 120. The molecule has 0 fully saturated rings. The molecule has 0 saturated heterocycles. The maximum atomic E-state index is 14.4. The quantitative estimate of drug-likeness (QED) is 0.0455. The zero-order valence-corrected chi connectivity index (χ0v) is 42.3. The fraction of sp³-hybridized carbons (Fsp3) is 0.688. The van der Waals surface area contributed by atoms with Crippen molar-refractivity contribution in [2.45, 2.75) is 182 Å². The number of unbranched alkanes of at least 4 members (excludes halogenated alkanes) is 1. The number of nitrogens with one attached hydrogen (secondary N) is 8. The molecule has 0 aliphatic heterocycles. The van der Waals surface area contributed by atoms with Crippen molar-refractivity contribution in [3.05, 3.63) is 29.8 Å². The lowest BCUT2D eigenvalue weighted by Gasteiger charge is -2.29. The molecule has 0 bridgehead atoms. The van der Waals surface area contributed by atoms with E-state index in [4.69, 9.17) is 5.73 Å². The Kier molecular flexibility index (Phi) is 27.1. The molecular formula is C48H81N9O12. The third-order valence-electron chi connectivity index (χ3n) is 10.8. The van der Waals surface area contributed by atoms with Crippen molar-refractivity contribution in [3.8, 4) is 5.75 Å². The molecule has 13 N–H and O–H groups in total. The van der Waals surface area contributed by atoms with Crippen LogP contribution in [0.3, 0.4) is 0 Å². The summed E-state index contributed by atoms with van der Waals surface area (Å²) in [5.74, 6) is -7.53. The van der Waals surface area contributed by atoms with Crippen LogP contribution in [0, 0.1) is 23.7 Å². The minimum absolute atomic E-state index is 0.0473. The number of hydrogen-bond acceptors (Lipinski definition) is 12. The number of carbonyl (C=O) groups is 9. The van der Waals surface area contributed by atoms with Crippen LogP contribution >= 0.6 is 0 Å². The zero-order chi connectivity index (χ0) is 52.7. The number of phenols is 1. The summed E-state index contributed by atoms with van der Waals surface area (Å²) < 4.78 is 0. The molecule has 0 aliphatic carbocycles. The predicted octanol–water partition coefficient (Wildman–Crippen LogP) is 0.632. The van der Waals surface area contributed by atoms with E-state index >= 15 is 0 Å². The van der Waals surface area contributed by atoms with Crippen LogP contribution in [0.2, 0.25) is 0 Å². The maximum absolute atomic E-state index is 14.4. The Labute approximate surface area is 406 Å². The van der Waals surface area contributed by atoms with Crippen molar-refractivity contribution >= 4 is 53.2 Å². The first-order chi connectivity index (χ1) is 32.1. The number of benzene rings is 1. The molecule has 390 valence electrons. The third kappa shape index (κ3) is 23.8. The van der Waals surface area contributed by atoms with Crippen LogP contribution < -0.4 is 48.3 Å². The van der Waals surface area contributed by atoms with Gasteiger partial charge in [0.25, 0.3) is 0 Å². The first-order valence-electron chi connectivity index (χ1n) is 23.9. The van der Waals surface area contributed by atoms with Gasteiger partial charge in [0.15, 0.2) is 6.04 Å². The molecule has 0 aliphatic rings.